The van der Waals surface area contributed by atoms with Gasteiger partial charge in [0.05, 0.1) is 5.60 Å². The Hall–Kier alpha value is -0.860. The van der Waals surface area contributed by atoms with Gasteiger partial charge in [0, 0.05) is 13.2 Å². The van der Waals surface area contributed by atoms with E-state index in [4.69, 9.17) is 4.74 Å². The number of benzene rings is 1. The normalized spacial score (nSPS) is 19.2. The summed E-state index contributed by atoms with van der Waals surface area (Å²) >= 11 is 0. The van der Waals surface area contributed by atoms with Crippen molar-refractivity contribution in [3.8, 4) is 0 Å². The average molecular weight is 261 g/mol. The summed E-state index contributed by atoms with van der Waals surface area (Å²) in [5.41, 5.74) is 2.89. The standard InChI is InChI=1S/C17H27NO/c1-13(2)14-6-8-15(9-7-14)16(18-3)12-17(19-4)10-5-11-17/h6-9,13,16,18H,5,10-12H2,1-4H3. The van der Waals surface area contributed by atoms with Gasteiger partial charge in [-0.3, -0.25) is 0 Å². The maximum absolute atomic E-state index is 5.75. The van der Waals surface area contributed by atoms with Crippen LogP contribution in [0.4, 0.5) is 0 Å². The number of hydrogen-bond acceptors (Lipinski definition) is 2. The first-order chi connectivity index (χ1) is 9.10. The molecule has 0 heterocycles. The smallest absolute Gasteiger partial charge is 0.0697 e. The highest BCUT2D eigenvalue weighted by atomic mass is 16.5. The van der Waals surface area contributed by atoms with Crippen LogP contribution in [0.1, 0.15) is 62.6 Å². The third-order valence-electron chi connectivity index (χ3n) is 4.63. The van der Waals surface area contributed by atoms with E-state index < -0.39 is 0 Å². The fraction of sp³-hybridized carbons (Fsp3) is 0.647. The number of ether oxygens (including phenoxy) is 1. The van der Waals surface area contributed by atoms with Gasteiger partial charge in [0.25, 0.3) is 0 Å². The second-order valence-electron chi connectivity index (χ2n) is 6.11. The van der Waals surface area contributed by atoms with Crippen LogP contribution in [0.15, 0.2) is 24.3 Å². The maximum Gasteiger partial charge on any atom is 0.0697 e. The molecule has 1 saturated carbocycles. The van der Waals surface area contributed by atoms with Crippen LogP contribution in [0, 0.1) is 0 Å². The molecule has 0 saturated heterocycles. The molecule has 1 aliphatic carbocycles. The fourth-order valence-electron chi connectivity index (χ4n) is 2.93. The molecule has 0 bridgehead atoms. The van der Waals surface area contributed by atoms with E-state index in [1.54, 1.807) is 0 Å². The van der Waals surface area contributed by atoms with Crippen LogP contribution < -0.4 is 5.32 Å². The quantitative estimate of drug-likeness (QED) is 0.834. The van der Waals surface area contributed by atoms with Crippen LogP contribution in [0.5, 0.6) is 0 Å². The molecule has 2 heteroatoms. The van der Waals surface area contributed by atoms with Gasteiger partial charge in [0.1, 0.15) is 0 Å². The molecule has 1 aliphatic rings. The Bertz CT molecular complexity index is 387. The zero-order valence-electron chi connectivity index (χ0n) is 12.7. The molecule has 0 aromatic heterocycles. The van der Waals surface area contributed by atoms with Crippen molar-refractivity contribution in [2.45, 2.75) is 57.1 Å². The van der Waals surface area contributed by atoms with Gasteiger partial charge in [-0.05, 0) is 49.8 Å². The van der Waals surface area contributed by atoms with Crippen molar-refractivity contribution in [1.29, 1.82) is 0 Å². The van der Waals surface area contributed by atoms with Gasteiger partial charge in [0.2, 0.25) is 0 Å². The monoisotopic (exact) mass is 261 g/mol. The number of methoxy groups -OCH3 is 1. The van der Waals surface area contributed by atoms with Crippen molar-refractivity contribution < 1.29 is 4.74 Å². The van der Waals surface area contributed by atoms with Crippen LogP contribution in [0.25, 0.3) is 0 Å². The van der Waals surface area contributed by atoms with E-state index in [0.717, 1.165) is 6.42 Å². The lowest BCUT2D eigenvalue weighted by Gasteiger charge is -2.43. The number of nitrogens with one attached hydrogen (secondary N) is 1. The van der Waals surface area contributed by atoms with E-state index in [9.17, 15) is 0 Å². The molecule has 1 N–H and O–H groups in total. The predicted molar refractivity (Wildman–Crippen MR) is 80.5 cm³/mol. The van der Waals surface area contributed by atoms with Crippen LogP contribution in [0.3, 0.4) is 0 Å². The molecule has 1 aromatic rings. The molecule has 1 unspecified atom stereocenters. The van der Waals surface area contributed by atoms with Gasteiger partial charge < -0.3 is 10.1 Å². The zero-order valence-corrected chi connectivity index (χ0v) is 12.7. The predicted octanol–water partition coefficient (Wildman–Crippen LogP) is 4.03. The van der Waals surface area contributed by atoms with Crippen LogP contribution >= 0.6 is 0 Å². The van der Waals surface area contributed by atoms with Gasteiger partial charge >= 0.3 is 0 Å². The van der Waals surface area contributed by atoms with E-state index in [-0.39, 0.29) is 5.60 Å². The largest absolute Gasteiger partial charge is 0.378 e. The van der Waals surface area contributed by atoms with Crippen LogP contribution in [-0.2, 0) is 4.74 Å². The van der Waals surface area contributed by atoms with Crippen LogP contribution in [0.2, 0.25) is 0 Å². The van der Waals surface area contributed by atoms with E-state index >= 15 is 0 Å². The second-order valence-corrected chi connectivity index (χ2v) is 6.11. The minimum absolute atomic E-state index is 0.115. The van der Waals surface area contributed by atoms with E-state index in [1.165, 1.54) is 30.4 Å². The molecule has 2 nitrogen and oxygen atoms in total. The van der Waals surface area contributed by atoms with Crippen molar-refractivity contribution in [2.75, 3.05) is 14.2 Å². The Morgan fingerprint density at radius 2 is 1.74 bits per heavy atom. The molecule has 0 aliphatic heterocycles. The summed E-state index contributed by atoms with van der Waals surface area (Å²) in [5.74, 6) is 0.596. The van der Waals surface area contributed by atoms with Crippen molar-refractivity contribution in [2.24, 2.45) is 0 Å². The lowest BCUT2D eigenvalue weighted by Crippen LogP contribution is -2.42. The first kappa shape index (κ1) is 14.5. The van der Waals surface area contributed by atoms with Gasteiger partial charge in [0.15, 0.2) is 0 Å². The number of rotatable bonds is 6. The second kappa shape index (κ2) is 6.06. The Morgan fingerprint density at radius 1 is 1.16 bits per heavy atom. The van der Waals surface area contributed by atoms with E-state index in [0.29, 0.717) is 12.0 Å². The summed E-state index contributed by atoms with van der Waals surface area (Å²) in [4.78, 5) is 0. The van der Waals surface area contributed by atoms with Crippen molar-refractivity contribution >= 4 is 0 Å². The topological polar surface area (TPSA) is 21.3 Å². The molecule has 0 amide bonds. The third kappa shape index (κ3) is 3.18. The number of hydrogen-bond donors (Lipinski definition) is 1. The highest BCUT2D eigenvalue weighted by Gasteiger charge is 2.39. The molecule has 0 spiro atoms. The van der Waals surface area contributed by atoms with Crippen molar-refractivity contribution in [3.05, 3.63) is 35.4 Å². The highest BCUT2D eigenvalue weighted by molar-refractivity contribution is 5.27. The van der Waals surface area contributed by atoms with Crippen molar-refractivity contribution in [3.63, 3.8) is 0 Å². The maximum atomic E-state index is 5.75. The van der Waals surface area contributed by atoms with Crippen molar-refractivity contribution in [1.82, 2.24) is 5.32 Å². The summed E-state index contributed by atoms with van der Waals surface area (Å²) in [6, 6.07) is 9.42. The third-order valence-corrected chi connectivity index (χ3v) is 4.63. The van der Waals surface area contributed by atoms with Gasteiger partial charge in [-0.25, -0.2) is 0 Å². The highest BCUT2D eigenvalue weighted by Crippen LogP contribution is 2.41. The first-order valence-corrected chi connectivity index (χ1v) is 7.42. The lowest BCUT2D eigenvalue weighted by molar-refractivity contribution is -0.0834. The summed E-state index contributed by atoms with van der Waals surface area (Å²) in [6.45, 7) is 4.47. The Kier molecular flexibility index (Phi) is 4.64. The lowest BCUT2D eigenvalue weighted by atomic mass is 9.74. The van der Waals surface area contributed by atoms with Gasteiger partial charge in [-0.15, -0.1) is 0 Å². The summed E-state index contributed by atoms with van der Waals surface area (Å²) in [6.07, 6.45) is 4.77. The minimum Gasteiger partial charge on any atom is -0.378 e. The van der Waals surface area contributed by atoms with E-state index in [2.05, 4.69) is 43.4 Å². The molecular formula is C17H27NO. The fourth-order valence-corrected chi connectivity index (χ4v) is 2.93. The minimum atomic E-state index is 0.115. The molecule has 2 rings (SSSR count). The molecule has 1 atom stereocenters. The molecule has 19 heavy (non-hydrogen) atoms. The summed E-state index contributed by atoms with van der Waals surface area (Å²) in [7, 11) is 3.90. The summed E-state index contributed by atoms with van der Waals surface area (Å²) < 4.78 is 5.75. The first-order valence-electron chi connectivity index (χ1n) is 7.42. The molecule has 0 radical (unpaired) electrons. The Labute approximate surface area is 117 Å². The molecule has 106 valence electrons. The zero-order chi connectivity index (χ0) is 13.9. The SMILES string of the molecule is CNC(CC1(OC)CCC1)c1ccc(C(C)C)cc1. The summed E-state index contributed by atoms with van der Waals surface area (Å²) in [5, 5.41) is 3.45. The molecule has 1 fully saturated rings. The van der Waals surface area contributed by atoms with Crippen LogP contribution in [-0.4, -0.2) is 19.8 Å². The molecule has 1 aromatic carbocycles. The van der Waals surface area contributed by atoms with Gasteiger partial charge in [-0.1, -0.05) is 38.1 Å². The average Bonchev–Trinajstić information content (AvgIpc) is 2.39. The Morgan fingerprint density at radius 3 is 2.11 bits per heavy atom. The van der Waals surface area contributed by atoms with Gasteiger partial charge in [-0.2, -0.15) is 0 Å². The van der Waals surface area contributed by atoms with E-state index in [1.807, 2.05) is 14.2 Å². The Balaban J connectivity index is 2.08. The molecular weight excluding hydrogens is 234 g/mol.